The molecule has 9 heteroatoms. The van der Waals surface area contributed by atoms with E-state index in [9.17, 15) is 13.2 Å². The second kappa shape index (κ2) is 4.67. The van der Waals surface area contributed by atoms with Gasteiger partial charge in [0, 0.05) is 26.4 Å². The van der Waals surface area contributed by atoms with Crippen molar-refractivity contribution in [1.82, 2.24) is 14.3 Å². The Morgan fingerprint density at radius 2 is 1.95 bits per heavy atom. The molecule has 20 heavy (non-hydrogen) atoms. The van der Waals surface area contributed by atoms with Crippen molar-refractivity contribution in [1.29, 1.82) is 0 Å². The molecule has 0 aromatic carbocycles. The molecule has 2 heterocycles. The summed E-state index contributed by atoms with van der Waals surface area (Å²) in [5.74, 6) is -0.0673. The monoisotopic (exact) mass is 297 g/mol. The van der Waals surface area contributed by atoms with E-state index in [0.29, 0.717) is 5.69 Å². The van der Waals surface area contributed by atoms with E-state index in [4.69, 9.17) is 5.73 Å². The van der Waals surface area contributed by atoms with E-state index in [-0.39, 0.29) is 22.0 Å². The minimum atomic E-state index is -3.86. The predicted molar refractivity (Wildman–Crippen MR) is 74.8 cm³/mol. The van der Waals surface area contributed by atoms with E-state index >= 15 is 0 Å². The number of nitrogen functional groups attached to an aromatic ring is 1. The van der Waals surface area contributed by atoms with Crippen molar-refractivity contribution in [2.75, 3.05) is 10.5 Å². The average Bonchev–Trinajstić information content (AvgIpc) is 2.58. The van der Waals surface area contributed by atoms with Crippen LogP contribution < -0.4 is 16.0 Å². The number of nitrogens with zero attached hydrogens (tertiary/aromatic N) is 3. The minimum absolute atomic E-state index is 0.0612. The van der Waals surface area contributed by atoms with Gasteiger partial charge in [-0.1, -0.05) is 0 Å². The van der Waals surface area contributed by atoms with Gasteiger partial charge in [-0.3, -0.25) is 14.2 Å². The second-order valence-electron chi connectivity index (χ2n) is 4.40. The third-order valence-corrected chi connectivity index (χ3v) is 4.46. The molecule has 0 saturated heterocycles. The van der Waals surface area contributed by atoms with Crippen LogP contribution >= 0.6 is 0 Å². The van der Waals surface area contributed by atoms with E-state index in [1.54, 1.807) is 14.0 Å². The lowest BCUT2D eigenvalue weighted by Gasteiger charge is -2.09. The zero-order chi connectivity index (χ0) is 15.1. The maximum atomic E-state index is 12.3. The van der Waals surface area contributed by atoms with Gasteiger partial charge in [0.05, 0.1) is 11.4 Å². The first kappa shape index (κ1) is 14.1. The molecule has 2 rings (SSSR count). The molecule has 0 amide bonds. The number of nitrogens with one attached hydrogen (secondary N) is 1. The second-order valence-corrected chi connectivity index (χ2v) is 6.02. The predicted octanol–water partition coefficient (Wildman–Crippen LogP) is -0.190. The van der Waals surface area contributed by atoms with Gasteiger partial charge in [0.2, 0.25) is 5.56 Å². The smallest absolute Gasteiger partial charge is 0.267 e. The standard InChI is InChI=1S/C11H15N5O3S/c1-7-10(11(12)13-16(7)3)20(18,19)14-8-4-5-9(17)15(2)6-8/h4-6,14H,1-3H3,(H2,12,13). The lowest BCUT2D eigenvalue weighted by atomic mass is 10.4. The van der Waals surface area contributed by atoms with Crippen molar-refractivity contribution in [2.45, 2.75) is 11.8 Å². The molecule has 0 aliphatic heterocycles. The summed E-state index contributed by atoms with van der Waals surface area (Å²) < 4.78 is 29.7. The Bertz CT molecular complexity index is 819. The zero-order valence-corrected chi connectivity index (χ0v) is 12.1. The minimum Gasteiger partial charge on any atom is -0.381 e. The van der Waals surface area contributed by atoms with Crippen LogP contribution in [0.3, 0.4) is 0 Å². The van der Waals surface area contributed by atoms with Gasteiger partial charge in [-0.2, -0.15) is 5.10 Å². The third kappa shape index (κ3) is 2.39. The van der Waals surface area contributed by atoms with Crippen LogP contribution in [0.4, 0.5) is 11.5 Å². The molecule has 2 aromatic heterocycles. The van der Waals surface area contributed by atoms with Crippen molar-refractivity contribution >= 4 is 21.5 Å². The molecule has 2 aromatic rings. The van der Waals surface area contributed by atoms with Crippen molar-refractivity contribution < 1.29 is 8.42 Å². The number of rotatable bonds is 3. The summed E-state index contributed by atoms with van der Waals surface area (Å²) in [7, 11) is -0.718. The van der Waals surface area contributed by atoms with Crippen molar-refractivity contribution in [3.05, 3.63) is 34.4 Å². The molecule has 0 saturated carbocycles. The first-order chi connectivity index (χ1) is 9.22. The molecule has 0 unspecified atom stereocenters. The largest absolute Gasteiger partial charge is 0.381 e. The molecule has 0 atom stereocenters. The maximum absolute atomic E-state index is 12.3. The van der Waals surface area contributed by atoms with Crippen LogP contribution in [0.1, 0.15) is 5.69 Å². The van der Waals surface area contributed by atoms with E-state index < -0.39 is 10.0 Å². The summed E-state index contributed by atoms with van der Waals surface area (Å²) in [5.41, 5.74) is 6.10. The lowest BCUT2D eigenvalue weighted by molar-refractivity contribution is 0.600. The Hall–Kier alpha value is -2.29. The number of sulfonamides is 1. The van der Waals surface area contributed by atoms with Gasteiger partial charge in [-0.15, -0.1) is 0 Å². The summed E-state index contributed by atoms with van der Waals surface area (Å²) in [6.07, 6.45) is 1.39. The number of pyridine rings is 1. The van der Waals surface area contributed by atoms with Gasteiger partial charge in [-0.25, -0.2) is 8.42 Å². The fraction of sp³-hybridized carbons (Fsp3) is 0.273. The first-order valence-corrected chi connectivity index (χ1v) is 7.19. The highest BCUT2D eigenvalue weighted by molar-refractivity contribution is 7.93. The van der Waals surface area contributed by atoms with Gasteiger partial charge in [0.25, 0.3) is 10.0 Å². The molecule has 0 fully saturated rings. The molecule has 8 nitrogen and oxygen atoms in total. The van der Waals surface area contributed by atoms with Crippen LogP contribution in [0, 0.1) is 6.92 Å². The maximum Gasteiger partial charge on any atom is 0.267 e. The SMILES string of the molecule is Cc1c(S(=O)(=O)Nc2ccc(=O)n(C)c2)c(N)nn1C. The third-order valence-electron chi connectivity index (χ3n) is 2.91. The van der Waals surface area contributed by atoms with E-state index in [2.05, 4.69) is 9.82 Å². The molecule has 108 valence electrons. The van der Waals surface area contributed by atoms with Crippen LogP contribution in [0.25, 0.3) is 0 Å². The van der Waals surface area contributed by atoms with Crippen LogP contribution in [-0.4, -0.2) is 22.8 Å². The number of anilines is 2. The Morgan fingerprint density at radius 3 is 2.45 bits per heavy atom. The topological polar surface area (TPSA) is 112 Å². The molecule has 0 bridgehead atoms. The summed E-state index contributed by atoms with van der Waals surface area (Å²) in [4.78, 5) is 11.2. The first-order valence-electron chi connectivity index (χ1n) is 5.71. The van der Waals surface area contributed by atoms with Gasteiger partial charge < -0.3 is 10.3 Å². The van der Waals surface area contributed by atoms with Crippen molar-refractivity contribution in [3.8, 4) is 0 Å². The Labute approximate surface area is 115 Å². The number of hydrogen-bond acceptors (Lipinski definition) is 5. The van der Waals surface area contributed by atoms with E-state index in [1.165, 1.54) is 34.6 Å². The van der Waals surface area contributed by atoms with Gasteiger partial charge >= 0.3 is 0 Å². The quantitative estimate of drug-likeness (QED) is 0.815. The number of nitrogens with two attached hydrogens (primary N) is 1. The lowest BCUT2D eigenvalue weighted by Crippen LogP contribution is -2.19. The highest BCUT2D eigenvalue weighted by Crippen LogP contribution is 2.23. The fourth-order valence-corrected chi connectivity index (χ4v) is 3.18. The number of aromatic nitrogens is 3. The van der Waals surface area contributed by atoms with Gasteiger partial charge in [0.15, 0.2) is 10.7 Å². The van der Waals surface area contributed by atoms with Crippen LogP contribution in [-0.2, 0) is 24.1 Å². The molecule has 0 radical (unpaired) electrons. The molecular weight excluding hydrogens is 282 g/mol. The Morgan fingerprint density at radius 1 is 1.30 bits per heavy atom. The zero-order valence-electron chi connectivity index (χ0n) is 11.3. The number of aryl methyl sites for hydroxylation is 2. The molecule has 0 aliphatic rings. The summed E-state index contributed by atoms with van der Waals surface area (Å²) in [6, 6.07) is 2.67. The van der Waals surface area contributed by atoms with Crippen LogP contribution in [0.5, 0.6) is 0 Å². The average molecular weight is 297 g/mol. The van der Waals surface area contributed by atoms with Crippen molar-refractivity contribution in [3.63, 3.8) is 0 Å². The van der Waals surface area contributed by atoms with Crippen LogP contribution in [0.15, 0.2) is 28.0 Å². The molecule has 0 spiro atoms. The molecule has 3 N–H and O–H groups in total. The summed E-state index contributed by atoms with van der Waals surface area (Å²) >= 11 is 0. The Balaban J connectivity index is 2.46. The van der Waals surface area contributed by atoms with E-state index in [1.807, 2.05) is 0 Å². The highest BCUT2D eigenvalue weighted by Gasteiger charge is 2.24. The van der Waals surface area contributed by atoms with Crippen molar-refractivity contribution in [2.24, 2.45) is 14.1 Å². The summed E-state index contributed by atoms with van der Waals surface area (Å²) in [6.45, 7) is 1.61. The normalized spacial score (nSPS) is 11.6. The van der Waals surface area contributed by atoms with Gasteiger partial charge in [-0.05, 0) is 13.0 Å². The van der Waals surface area contributed by atoms with E-state index in [0.717, 1.165) is 0 Å². The van der Waals surface area contributed by atoms with Gasteiger partial charge in [0.1, 0.15) is 0 Å². The Kier molecular flexibility index (Phi) is 3.30. The molecular formula is C11H15N5O3S. The highest BCUT2D eigenvalue weighted by atomic mass is 32.2. The number of hydrogen-bond donors (Lipinski definition) is 2. The molecule has 0 aliphatic carbocycles. The summed E-state index contributed by atoms with van der Waals surface area (Å²) in [5, 5.41) is 3.87. The van der Waals surface area contributed by atoms with Crippen LogP contribution in [0.2, 0.25) is 0 Å². The fourth-order valence-electron chi connectivity index (χ4n) is 1.81.